The molecule has 90 valence electrons. The number of rotatable bonds is 5. The summed E-state index contributed by atoms with van der Waals surface area (Å²) >= 11 is 0. The van der Waals surface area contributed by atoms with E-state index in [1.165, 1.54) is 4.90 Å². The van der Waals surface area contributed by atoms with Gasteiger partial charge in [0.2, 0.25) is 11.8 Å². The summed E-state index contributed by atoms with van der Waals surface area (Å²) in [4.78, 5) is 34.7. The van der Waals surface area contributed by atoms with Gasteiger partial charge in [-0.1, -0.05) is 13.8 Å². The van der Waals surface area contributed by atoms with E-state index in [2.05, 4.69) is 0 Å². The molecular weight excluding hydrogens is 210 g/mol. The summed E-state index contributed by atoms with van der Waals surface area (Å²) < 4.78 is 0. The van der Waals surface area contributed by atoms with Gasteiger partial charge in [0.15, 0.2) is 0 Å². The zero-order valence-electron chi connectivity index (χ0n) is 9.60. The van der Waals surface area contributed by atoms with Crippen molar-refractivity contribution in [3.63, 3.8) is 0 Å². The second-order valence-electron chi connectivity index (χ2n) is 4.49. The minimum absolute atomic E-state index is 0.0364. The zero-order valence-corrected chi connectivity index (χ0v) is 9.60. The Morgan fingerprint density at radius 1 is 1.56 bits per heavy atom. The summed E-state index contributed by atoms with van der Waals surface area (Å²) in [6, 6.07) is 0. The molecule has 0 aromatic rings. The molecule has 0 aromatic carbocycles. The van der Waals surface area contributed by atoms with Crippen LogP contribution in [-0.2, 0) is 14.4 Å². The lowest BCUT2D eigenvalue weighted by Crippen LogP contribution is -2.34. The quantitative estimate of drug-likeness (QED) is 0.707. The molecule has 1 aliphatic rings. The minimum atomic E-state index is -0.848. The molecule has 0 radical (unpaired) electrons. The maximum atomic E-state index is 11.6. The molecular formula is C11H17NO4. The van der Waals surface area contributed by atoms with Crippen LogP contribution in [0.25, 0.3) is 0 Å². The van der Waals surface area contributed by atoms with Crippen molar-refractivity contribution in [2.24, 2.45) is 11.8 Å². The van der Waals surface area contributed by atoms with E-state index in [9.17, 15) is 14.4 Å². The van der Waals surface area contributed by atoms with E-state index in [0.29, 0.717) is 13.0 Å². The third kappa shape index (κ3) is 3.05. The Kier molecular flexibility index (Phi) is 4.04. The average Bonchev–Trinajstić information content (AvgIpc) is 2.42. The molecule has 1 saturated heterocycles. The molecule has 2 atom stereocenters. The summed E-state index contributed by atoms with van der Waals surface area (Å²) in [7, 11) is 0. The summed E-state index contributed by atoms with van der Waals surface area (Å²) in [6.07, 6.45) is 0.845. The second kappa shape index (κ2) is 5.09. The molecule has 0 aliphatic carbocycles. The maximum absolute atomic E-state index is 11.6. The van der Waals surface area contributed by atoms with Crippen LogP contribution in [0.1, 0.15) is 33.1 Å². The number of likely N-dealkylation sites (tertiary alicyclic amines) is 1. The Balaban J connectivity index is 2.44. The van der Waals surface area contributed by atoms with E-state index in [1.54, 1.807) is 6.92 Å². The van der Waals surface area contributed by atoms with Crippen LogP contribution in [0.3, 0.4) is 0 Å². The molecule has 2 amide bonds. The molecule has 16 heavy (non-hydrogen) atoms. The lowest BCUT2D eigenvalue weighted by atomic mass is 10.1. The second-order valence-corrected chi connectivity index (χ2v) is 4.49. The number of aliphatic carboxylic acids is 1. The Morgan fingerprint density at radius 2 is 2.19 bits per heavy atom. The molecule has 2 unspecified atom stereocenters. The fourth-order valence-electron chi connectivity index (χ4n) is 1.81. The number of carbonyl (C=O) groups excluding carboxylic acids is 2. The van der Waals surface area contributed by atoms with Gasteiger partial charge in [-0.2, -0.15) is 0 Å². The van der Waals surface area contributed by atoms with Crippen LogP contribution in [-0.4, -0.2) is 34.3 Å². The molecule has 1 N–H and O–H groups in total. The summed E-state index contributed by atoms with van der Waals surface area (Å²) in [5.74, 6) is -1.31. The van der Waals surface area contributed by atoms with E-state index in [0.717, 1.165) is 0 Å². The zero-order chi connectivity index (χ0) is 12.3. The highest BCUT2D eigenvalue weighted by Crippen LogP contribution is 2.21. The van der Waals surface area contributed by atoms with Gasteiger partial charge in [-0.15, -0.1) is 0 Å². The Bertz CT molecular complexity index is 313. The van der Waals surface area contributed by atoms with Crippen LogP contribution in [0, 0.1) is 11.8 Å². The van der Waals surface area contributed by atoms with Crippen molar-refractivity contribution >= 4 is 17.8 Å². The number of nitrogens with zero attached hydrogens (tertiary/aromatic N) is 1. The van der Waals surface area contributed by atoms with Gasteiger partial charge in [0.05, 0.1) is 0 Å². The molecule has 0 bridgehead atoms. The van der Waals surface area contributed by atoms with E-state index in [1.807, 2.05) is 6.92 Å². The van der Waals surface area contributed by atoms with Crippen LogP contribution in [0.5, 0.6) is 0 Å². The predicted molar refractivity (Wildman–Crippen MR) is 56.5 cm³/mol. The number of hydrogen-bond donors (Lipinski definition) is 1. The molecule has 5 nitrogen and oxygen atoms in total. The smallest absolute Gasteiger partial charge is 0.303 e. The first-order chi connectivity index (χ1) is 7.41. The van der Waals surface area contributed by atoms with E-state index >= 15 is 0 Å². The number of carboxylic acid groups (broad SMARTS) is 1. The van der Waals surface area contributed by atoms with Gasteiger partial charge < -0.3 is 5.11 Å². The monoisotopic (exact) mass is 227 g/mol. The van der Waals surface area contributed by atoms with Gasteiger partial charge in [-0.3, -0.25) is 19.3 Å². The lowest BCUT2D eigenvalue weighted by Gasteiger charge is -2.18. The van der Waals surface area contributed by atoms with E-state index in [4.69, 9.17) is 5.11 Å². The van der Waals surface area contributed by atoms with Crippen molar-refractivity contribution in [1.82, 2.24) is 4.90 Å². The molecule has 1 rings (SSSR count). The Hall–Kier alpha value is -1.39. The van der Waals surface area contributed by atoms with Gasteiger partial charge in [-0.05, 0) is 12.3 Å². The summed E-state index contributed by atoms with van der Waals surface area (Å²) in [6.45, 7) is 3.93. The van der Waals surface area contributed by atoms with Crippen molar-refractivity contribution < 1.29 is 19.5 Å². The van der Waals surface area contributed by atoms with E-state index in [-0.39, 0.29) is 36.5 Å². The largest absolute Gasteiger partial charge is 0.481 e. The fraction of sp³-hybridized carbons (Fsp3) is 0.727. The minimum Gasteiger partial charge on any atom is -0.481 e. The lowest BCUT2D eigenvalue weighted by molar-refractivity contribution is -0.139. The number of amides is 2. The molecule has 0 saturated carbocycles. The Morgan fingerprint density at radius 3 is 2.62 bits per heavy atom. The highest BCUT2D eigenvalue weighted by molar-refractivity contribution is 6.03. The van der Waals surface area contributed by atoms with Gasteiger partial charge in [0.25, 0.3) is 0 Å². The molecule has 1 aliphatic heterocycles. The molecule has 1 fully saturated rings. The third-order valence-corrected chi connectivity index (χ3v) is 2.81. The molecule has 1 heterocycles. The van der Waals surface area contributed by atoms with Gasteiger partial charge in [0.1, 0.15) is 0 Å². The van der Waals surface area contributed by atoms with Crippen molar-refractivity contribution in [1.29, 1.82) is 0 Å². The number of carbonyl (C=O) groups is 3. The first-order valence-corrected chi connectivity index (χ1v) is 5.47. The number of imide groups is 1. The first-order valence-electron chi connectivity index (χ1n) is 5.47. The van der Waals surface area contributed by atoms with Crippen LogP contribution < -0.4 is 0 Å². The maximum Gasteiger partial charge on any atom is 0.303 e. The van der Waals surface area contributed by atoms with Crippen LogP contribution in [0.4, 0.5) is 0 Å². The topological polar surface area (TPSA) is 74.7 Å². The Labute approximate surface area is 94.4 Å². The highest BCUT2D eigenvalue weighted by Gasteiger charge is 2.35. The fourth-order valence-corrected chi connectivity index (χ4v) is 1.81. The highest BCUT2D eigenvalue weighted by atomic mass is 16.4. The molecule has 5 heteroatoms. The molecule has 0 spiro atoms. The van der Waals surface area contributed by atoms with Crippen LogP contribution in [0.15, 0.2) is 0 Å². The third-order valence-electron chi connectivity index (χ3n) is 2.81. The normalized spacial score (nSPS) is 22.6. The SMILES string of the molecule is CC(CCC(=O)O)CN1C(=O)CC(C)C1=O. The number of hydrogen-bond acceptors (Lipinski definition) is 3. The van der Waals surface area contributed by atoms with Gasteiger partial charge in [-0.25, -0.2) is 0 Å². The van der Waals surface area contributed by atoms with Crippen molar-refractivity contribution in [3.05, 3.63) is 0 Å². The summed E-state index contributed by atoms with van der Waals surface area (Å²) in [5, 5.41) is 8.52. The average molecular weight is 227 g/mol. The summed E-state index contributed by atoms with van der Waals surface area (Å²) in [5.41, 5.74) is 0. The van der Waals surface area contributed by atoms with Crippen LogP contribution >= 0.6 is 0 Å². The number of carboxylic acids is 1. The van der Waals surface area contributed by atoms with Gasteiger partial charge in [0, 0.05) is 25.3 Å². The van der Waals surface area contributed by atoms with E-state index < -0.39 is 5.97 Å². The van der Waals surface area contributed by atoms with Crippen LogP contribution in [0.2, 0.25) is 0 Å². The van der Waals surface area contributed by atoms with Crippen molar-refractivity contribution in [3.8, 4) is 0 Å². The standard InChI is InChI=1S/C11H17NO4/c1-7(3-4-10(14)15)6-12-9(13)5-8(2)11(12)16/h7-8H,3-6H2,1-2H3,(H,14,15). The first kappa shape index (κ1) is 12.7. The molecule has 0 aromatic heterocycles. The predicted octanol–water partition coefficient (Wildman–Crippen LogP) is 0.882. The van der Waals surface area contributed by atoms with Crippen molar-refractivity contribution in [2.75, 3.05) is 6.54 Å². The van der Waals surface area contributed by atoms with Gasteiger partial charge >= 0.3 is 5.97 Å². The van der Waals surface area contributed by atoms with Crippen molar-refractivity contribution in [2.45, 2.75) is 33.1 Å².